The van der Waals surface area contributed by atoms with Crippen molar-refractivity contribution in [3.05, 3.63) is 87.5 Å². The van der Waals surface area contributed by atoms with Crippen LogP contribution in [0.3, 0.4) is 0 Å². The molecule has 0 aliphatic rings. The van der Waals surface area contributed by atoms with E-state index >= 15 is 0 Å². The predicted octanol–water partition coefficient (Wildman–Crippen LogP) is 4.88. The number of rotatable bonds is 5. The van der Waals surface area contributed by atoms with Crippen LogP contribution in [0.15, 0.2) is 65.1 Å². The van der Waals surface area contributed by atoms with Crippen LogP contribution in [0, 0.1) is 6.92 Å². The molecule has 0 atom stereocenters. The summed E-state index contributed by atoms with van der Waals surface area (Å²) in [4.78, 5) is 30.7. The van der Waals surface area contributed by atoms with Crippen molar-refractivity contribution in [2.45, 2.75) is 13.5 Å². The molecule has 3 rings (SSSR count). The first-order valence-corrected chi connectivity index (χ1v) is 9.84. The zero-order chi connectivity index (χ0) is 21.0. The van der Waals surface area contributed by atoms with Crippen LogP contribution in [0.2, 0.25) is 0 Å². The van der Waals surface area contributed by atoms with Crippen molar-refractivity contribution in [2.75, 3.05) is 14.2 Å². The molecule has 1 heterocycles. The van der Waals surface area contributed by atoms with Gasteiger partial charge in [0.15, 0.2) is 0 Å². The minimum Gasteiger partial charge on any atom is -0.465 e. The Kier molecular flexibility index (Phi) is 6.44. The minimum atomic E-state index is -0.381. The van der Waals surface area contributed by atoms with Crippen LogP contribution < -0.4 is 0 Å². The van der Waals surface area contributed by atoms with Gasteiger partial charge < -0.3 is 9.64 Å². The first kappa shape index (κ1) is 20.7. The number of carbonyl (C=O) groups excluding carboxylic acids is 2. The molecular formula is C23H21BrN2O3. The lowest BCUT2D eigenvalue weighted by Gasteiger charge is -2.19. The number of methoxy groups -OCH3 is 1. The van der Waals surface area contributed by atoms with Crippen LogP contribution in [0.25, 0.3) is 11.3 Å². The molecule has 1 amide bonds. The van der Waals surface area contributed by atoms with Crippen molar-refractivity contribution in [2.24, 2.45) is 0 Å². The Morgan fingerprint density at radius 2 is 1.79 bits per heavy atom. The minimum absolute atomic E-state index is 0.104. The summed E-state index contributed by atoms with van der Waals surface area (Å²) < 4.78 is 5.68. The highest BCUT2D eigenvalue weighted by Gasteiger charge is 2.16. The Hall–Kier alpha value is -2.99. The third-order valence-electron chi connectivity index (χ3n) is 4.58. The highest BCUT2D eigenvalue weighted by Crippen LogP contribution is 2.23. The van der Waals surface area contributed by atoms with Crippen molar-refractivity contribution in [3.63, 3.8) is 0 Å². The number of esters is 1. The average Bonchev–Trinajstić information content (AvgIpc) is 2.73. The molecule has 0 saturated heterocycles. The fourth-order valence-electron chi connectivity index (χ4n) is 3.01. The second kappa shape index (κ2) is 9.01. The third kappa shape index (κ3) is 4.90. The maximum Gasteiger partial charge on any atom is 0.337 e. The van der Waals surface area contributed by atoms with E-state index in [0.717, 1.165) is 21.3 Å². The number of aryl methyl sites for hydroxylation is 1. The maximum absolute atomic E-state index is 12.9. The smallest absolute Gasteiger partial charge is 0.337 e. The number of benzene rings is 2. The Labute approximate surface area is 178 Å². The number of hydrogen-bond acceptors (Lipinski definition) is 4. The number of hydrogen-bond donors (Lipinski definition) is 0. The molecule has 6 heteroatoms. The first-order valence-electron chi connectivity index (χ1n) is 9.05. The maximum atomic E-state index is 12.9. The standard InChI is InChI=1S/C23H21BrN2O3/c1-15-20(11-12-21(25-15)18-5-4-6-19(24)13-18)22(27)26(2)14-16-7-9-17(10-8-16)23(28)29-3/h4-13H,14H2,1-3H3. The van der Waals surface area contributed by atoms with E-state index in [1.54, 1.807) is 24.1 Å². The highest BCUT2D eigenvalue weighted by molar-refractivity contribution is 9.10. The molecule has 0 spiro atoms. The Bertz CT molecular complexity index is 1050. The monoisotopic (exact) mass is 452 g/mol. The molecular weight excluding hydrogens is 432 g/mol. The molecule has 0 unspecified atom stereocenters. The summed E-state index contributed by atoms with van der Waals surface area (Å²) in [5.74, 6) is -0.485. The van der Waals surface area contributed by atoms with Crippen LogP contribution in [-0.2, 0) is 11.3 Å². The zero-order valence-corrected chi connectivity index (χ0v) is 18.1. The summed E-state index contributed by atoms with van der Waals surface area (Å²) >= 11 is 3.47. The summed E-state index contributed by atoms with van der Waals surface area (Å²) in [6, 6.07) is 18.6. The number of halogens is 1. The quantitative estimate of drug-likeness (QED) is 0.517. The number of amides is 1. The van der Waals surface area contributed by atoms with E-state index in [9.17, 15) is 9.59 Å². The van der Waals surface area contributed by atoms with Crippen LogP contribution in [-0.4, -0.2) is 35.9 Å². The summed E-state index contributed by atoms with van der Waals surface area (Å²) in [5.41, 5.74) is 4.46. The summed E-state index contributed by atoms with van der Waals surface area (Å²) in [7, 11) is 3.10. The molecule has 29 heavy (non-hydrogen) atoms. The molecule has 5 nitrogen and oxygen atoms in total. The normalized spacial score (nSPS) is 10.5. The topological polar surface area (TPSA) is 59.5 Å². The van der Waals surface area contributed by atoms with Gasteiger partial charge in [-0.2, -0.15) is 0 Å². The lowest BCUT2D eigenvalue weighted by atomic mass is 10.1. The van der Waals surface area contributed by atoms with Crippen LogP contribution in [0.1, 0.15) is 32.0 Å². The molecule has 0 bridgehead atoms. The van der Waals surface area contributed by atoms with Crippen molar-refractivity contribution >= 4 is 27.8 Å². The van der Waals surface area contributed by atoms with Crippen molar-refractivity contribution < 1.29 is 14.3 Å². The molecule has 1 aromatic heterocycles. The third-order valence-corrected chi connectivity index (χ3v) is 5.07. The van der Waals surface area contributed by atoms with E-state index in [-0.39, 0.29) is 11.9 Å². The van der Waals surface area contributed by atoms with Crippen LogP contribution in [0.4, 0.5) is 0 Å². The fraction of sp³-hybridized carbons (Fsp3) is 0.174. The van der Waals surface area contributed by atoms with Gasteiger partial charge in [-0.1, -0.05) is 40.2 Å². The summed E-state index contributed by atoms with van der Waals surface area (Å²) in [6.45, 7) is 2.26. The van der Waals surface area contributed by atoms with Gasteiger partial charge in [0.2, 0.25) is 0 Å². The van der Waals surface area contributed by atoms with E-state index in [0.29, 0.717) is 23.4 Å². The summed E-state index contributed by atoms with van der Waals surface area (Å²) in [6.07, 6.45) is 0. The molecule has 3 aromatic rings. The first-order chi connectivity index (χ1) is 13.9. The number of aromatic nitrogens is 1. The van der Waals surface area contributed by atoms with Gasteiger partial charge in [-0.05, 0) is 48.9 Å². The van der Waals surface area contributed by atoms with Gasteiger partial charge in [-0.15, -0.1) is 0 Å². The number of pyridine rings is 1. The van der Waals surface area contributed by atoms with E-state index in [4.69, 9.17) is 4.74 Å². The van der Waals surface area contributed by atoms with Crippen molar-refractivity contribution in [3.8, 4) is 11.3 Å². The van der Waals surface area contributed by atoms with E-state index in [2.05, 4.69) is 20.9 Å². The predicted molar refractivity (Wildman–Crippen MR) is 116 cm³/mol. The second-order valence-electron chi connectivity index (χ2n) is 6.69. The van der Waals surface area contributed by atoms with Gasteiger partial charge in [0.05, 0.1) is 29.6 Å². The highest BCUT2D eigenvalue weighted by atomic mass is 79.9. The molecule has 0 saturated carbocycles. The van der Waals surface area contributed by atoms with Gasteiger partial charge in [-0.3, -0.25) is 9.78 Å². The SMILES string of the molecule is COC(=O)c1ccc(CN(C)C(=O)c2ccc(-c3cccc(Br)c3)nc2C)cc1. The number of carbonyl (C=O) groups is 2. The van der Waals surface area contributed by atoms with Gasteiger partial charge >= 0.3 is 5.97 Å². The van der Waals surface area contributed by atoms with Gasteiger partial charge in [0.25, 0.3) is 5.91 Å². The Morgan fingerprint density at radius 1 is 1.07 bits per heavy atom. The lowest BCUT2D eigenvalue weighted by molar-refractivity contribution is 0.0600. The van der Waals surface area contributed by atoms with E-state index in [1.165, 1.54) is 7.11 Å². The lowest BCUT2D eigenvalue weighted by Crippen LogP contribution is -2.27. The second-order valence-corrected chi connectivity index (χ2v) is 7.61. The largest absolute Gasteiger partial charge is 0.465 e. The van der Waals surface area contributed by atoms with Crippen LogP contribution >= 0.6 is 15.9 Å². The van der Waals surface area contributed by atoms with Crippen molar-refractivity contribution in [1.29, 1.82) is 0 Å². The molecule has 148 valence electrons. The van der Waals surface area contributed by atoms with E-state index in [1.807, 2.05) is 55.5 Å². The molecule has 0 radical (unpaired) electrons. The number of nitrogens with zero attached hydrogens (tertiary/aromatic N) is 2. The molecule has 0 aliphatic heterocycles. The van der Waals surface area contributed by atoms with E-state index < -0.39 is 0 Å². The number of ether oxygens (including phenoxy) is 1. The van der Waals surface area contributed by atoms with Crippen molar-refractivity contribution in [1.82, 2.24) is 9.88 Å². The Morgan fingerprint density at radius 3 is 2.41 bits per heavy atom. The average molecular weight is 453 g/mol. The fourth-order valence-corrected chi connectivity index (χ4v) is 3.41. The zero-order valence-electron chi connectivity index (χ0n) is 16.5. The summed E-state index contributed by atoms with van der Waals surface area (Å²) in [5, 5.41) is 0. The van der Waals surface area contributed by atoms with Crippen LogP contribution in [0.5, 0.6) is 0 Å². The molecule has 0 fully saturated rings. The van der Waals surface area contributed by atoms with Gasteiger partial charge in [0, 0.05) is 23.6 Å². The van der Waals surface area contributed by atoms with Gasteiger partial charge in [0.1, 0.15) is 0 Å². The molecule has 0 N–H and O–H groups in total. The molecule has 2 aromatic carbocycles. The Balaban J connectivity index is 1.74. The van der Waals surface area contributed by atoms with Gasteiger partial charge in [-0.25, -0.2) is 4.79 Å². The molecule has 0 aliphatic carbocycles.